The van der Waals surface area contributed by atoms with Crippen LogP contribution in [0.3, 0.4) is 0 Å². The molecule has 0 radical (unpaired) electrons. The normalized spacial score (nSPS) is 11.7. The van der Waals surface area contributed by atoms with Crippen LogP contribution >= 0.6 is 0 Å². The highest BCUT2D eigenvalue weighted by Crippen LogP contribution is 2.14. The maximum absolute atomic E-state index is 12.0. The van der Waals surface area contributed by atoms with E-state index in [2.05, 4.69) is 10.3 Å². The number of carbonyl (C=O) groups is 1. The van der Waals surface area contributed by atoms with E-state index in [4.69, 9.17) is 0 Å². The first-order chi connectivity index (χ1) is 10.1. The van der Waals surface area contributed by atoms with Gasteiger partial charge in [-0.05, 0) is 24.1 Å². The molecule has 1 aromatic carbocycles. The number of nitrogens with zero attached hydrogens (tertiary/aromatic N) is 2. The molecule has 0 spiro atoms. The number of nitrogens with one attached hydrogen (secondary N) is 1. The van der Waals surface area contributed by atoms with E-state index in [0.717, 1.165) is 5.56 Å². The summed E-state index contributed by atoms with van der Waals surface area (Å²) in [6.45, 7) is 1.86. The predicted octanol–water partition coefficient (Wildman–Crippen LogP) is 2.41. The fourth-order valence-corrected chi connectivity index (χ4v) is 1.97. The predicted molar refractivity (Wildman–Crippen MR) is 77.6 cm³/mol. The van der Waals surface area contributed by atoms with E-state index in [-0.39, 0.29) is 24.1 Å². The van der Waals surface area contributed by atoms with E-state index in [9.17, 15) is 14.9 Å². The van der Waals surface area contributed by atoms with Crippen LogP contribution in [0.4, 0.5) is 5.69 Å². The molecule has 1 amide bonds. The minimum absolute atomic E-state index is 0.0133. The zero-order chi connectivity index (χ0) is 15.2. The highest BCUT2D eigenvalue weighted by Gasteiger charge is 2.12. The summed E-state index contributed by atoms with van der Waals surface area (Å²) in [4.78, 5) is 26.2. The molecule has 2 aromatic rings. The van der Waals surface area contributed by atoms with E-state index >= 15 is 0 Å². The second-order valence-corrected chi connectivity index (χ2v) is 4.68. The third-order valence-corrected chi connectivity index (χ3v) is 3.05. The van der Waals surface area contributed by atoms with Crippen molar-refractivity contribution in [2.75, 3.05) is 0 Å². The molecule has 0 aliphatic carbocycles. The van der Waals surface area contributed by atoms with Gasteiger partial charge in [-0.1, -0.05) is 18.2 Å². The fourth-order valence-electron chi connectivity index (χ4n) is 1.97. The van der Waals surface area contributed by atoms with E-state index in [1.807, 2.05) is 13.0 Å². The van der Waals surface area contributed by atoms with Crippen molar-refractivity contribution in [3.8, 4) is 0 Å². The molecule has 1 heterocycles. The Morgan fingerprint density at radius 1 is 1.38 bits per heavy atom. The van der Waals surface area contributed by atoms with Gasteiger partial charge in [0.1, 0.15) is 0 Å². The molecule has 0 aliphatic rings. The van der Waals surface area contributed by atoms with E-state index in [1.165, 1.54) is 12.1 Å². The largest absolute Gasteiger partial charge is 0.349 e. The molecule has 2 rings (SSSR count). The van der Waals surface area contributed by atoms with Gasteiger partial charge in [0, 0.05) is 24.5 Å². The number of non-ortho nitro benzene ring substituents is 1. The zero-order valence-electron chi connectivity index (χ0n) is 11.5. The van der Waals surface area contributed by atoms with Crippen LogP contribution in [0.25, 0.3) is 0 Å². The van der Waals surface area contributed by atoms with Gasteiger partial charge in [0.15, 0.2) is 0 Å². The van der Waals surface area contributed by atoms with Gasteiger partial charge in [0.2, 0.25) is 5.91 Å². The van der Waals surface area contributed by atoms with Crippen LogP contribution in [0.1, 0.15) is 24.1 Å². The number of hydrogen-bond acceptors (Lipinski definition) is 4. The van der Waals surface area contributed by atoms with Crippen molar-refractivity contribution in [1.29, 1.82) is 0 Å². The van der Waals surface area contributed by atoms with Crippen LogP contribution in [-0.4, -0.2) is 15.8 Å². The number of hydrogen-bond donors (Lipinski definition) is 1. The van der Waals surface area contributed by atoms with Crippen LogP contribution in [0, 0.1) is 10.1 Å². The second-order valence-electron chi connectivity index (χ2n) is 4.68. The van der Waals surface area contributed by atoms with Gasteiger partial charge in [-0.3, -0.25) is 19.9 Å². The standard InChI is InChI=1S/C15H15N3O3/c1-11(13-5-3-7-16-10-13)17-15(19)9-12-4-2-6-14(8-12)18(20)21/h2-8,10-11H,9H2,1H3,(H,17,19). The minimum Gasteiger partial charge on any atom is -0.349 e. The quantitative estimate of drug-likeness (QED) is 0.675. The first-order valence-corrected chi connectivity index (χ1v) is 6.49. The van der Waals surface area contributed by atoms with Crippen molar-refractivity contribution in [1.82, 2.24) is 10.3 Å². The van der Waals surface area contributed by atoms with Gasteiger partial charge in [-0.25, -0.2) is 0 Å². The summed E-state index contributed by atoms with van der Waals surface area (Å²) in [6.07, 6.45) is 3.46. The summed E-state index contributed by atoms with van der Waals surface area (Å²) in [5.74, 6) is -0.188. The molecule has 0 aliphatic heterocycles. The van der Waals surface area contributed by atoms with Gasteiger partial charge < -0.3 is 5.32 Å². The molecule has 1 N–H and O–H groups in total. The Balaban J connectivity index is 1.99. The summed E-state index contributed by atoms with van der Waals surface area (Å²) in [7, 11) is 0. The Labute approximate surface area is 122 Å². The molecule has 1 aromatic heterocycles. The summed E-state index contributed by atoms with van der Waals surface area (Å²) in [5, 5.41) is 13.5. The third-order valence-electron chi connectivity index (χ3n) is 3.05. The molecular formula is C15H15N3O3. The van der Waals surface area contributed by atoms with Crippen LogP contribution in [0.2, 0.25) is 0 Å². The molecule has 108 valence electrons. The van der Waals surface area contributed by atoms with Crippen molar-refractivity contribution in [3.05, 3.63) is 70.0 Å². The third kappa shape index (κ3) is 4.10. The second kappa shape index (κ2) is 6.60. The SMILES string of the molecule is CC(NC(=O)Cc1cccc([N+](=O)[O-])c1)c1cccnc1. The van der Waals surface area contributed by atoms with Gasteiger partial charge in [0.25, 0.3) is 5.69 Å². The zero-order valence-corrected chi connectivity index (χ0v) is 11.5. The molecular weight excluding hydrogens is 270 g/mol. The molecule has 1 unspecified atom stereocenters. The fraction of sp³-hybridized carbons (Fsp3) is 0.200. The number of amides is 1. The number of nitro groups is 1. The Morgan fingerprint density at radius 2 is 2.19 bits per heavy atom. The average molecular weight is 285 g/mol. The smallest absolute Gasteiger partial charge is 0.269 e. The molecule has 0 saturated carbocycles. The number of rotatable bonds is 5. The van der Waals surface area contributed by atoms with Crippen LogP contribution in [0.15, 0.2) is 48.8 Å². The van der Waals surface area contributed by atoms with E-state index in [1.54, 1.807) is 30.6 Å². The van der Waals surface area contributed by atoms with Crippen molar-refractivity contribution >= 4 is 11.6 Å². The van der Waals surface area contributed by atoms with Crippen LogP contribution in [0.5, 0.6) is 0 Å². The Bertz CT molecular complexity index is 644. The van der Waals surface area contributed by atoms with Crippen LogP contribution in [-0.2, 0) is 11.2 Å². The Kier molecular flexibility index (Phi) is 4.61. The first-order valence-electron chi connectivity index (χ1n) is 6.49. The summed E-state index contributed by atoms with van der Waals surface area (Å²) in [5.41, 5.74) is 1.51. The monoisotopic (exact) mass is 285 g/mol. The summed E-state index contributed by atoms with van der Waals surface area (Å²) < 4.78 is 0. The lowest BCUT2D eigenvalue weighted by Gasteiger charge is -2.13. The highest BCUT2D eigenvalue weighted by molar-refractivity contribution is 5.79. The van der Waals surface area contributed by atoms with E-state index < -0.39 is 4.92 Å². The summed E-state index contributed by atoms with van der Waals surface area (Å²) in [6, 6.07) is 9.61. The Morgan fingerprint density at radius 3 is 2.86 bits per heavy atom. The highest BCUT2D eigenvalue weighted by atomic mass is 16.6. The lowest BCUT2D eigenvalue weighted by Crippen LogP contribution is -2.28. The number of benzene rings is 1. The molecule has 0 saturated heterocycles. The number of aromatic nitrogens is 1. The Hall–Kier alpha value is -2.76. The maximum atomic E-state index is 12.0. The van der Waals surface area contributed by atoms with Crippen LogP contribution < -0.4 is 5.32 Å². The van der Waals surface area contributed by atoms with Gasteiger partial charge >= 0.3 is 0 Å². The topological polar surface area (TPSA) is 85.1 Å². The maximum Gasteiger partial charge on any atom is 0.269 e. The van der Waals surface area contributed by atoms with Crippen molar-refractivity contribution < 1.29 is 9.72 Å². The molecule has 6 heteroatoms. The molecule has 0 fully saturated rings. The number of carbonyl (C=O) groups excluding carboxylic acids is 1. The lowest BCUT2D eigenvalue weighted by molar-refractivity contribution is -0.384. The molecule has 21 heavy (non-hydrogen) atoms. The summed E-state index contributed by atoms with van der Waals surface area (Å²) >= 11 is 0. The van der Waals surface area contributed by atoms with Gasteiger partial charge in [-0.2, -0.15) is 0 Å². The molecule has 0 bridgehead atoms. The van der Waals surface area contributed by atoms with Crippen molar-refractivity contribution in [2.24, 2.45) is 0 Å². The first kappa shape index (κ1) is 14.6. The van der Waals surface area contributed by atoms with E-state index in [0.29, 0.717) is 5.56 Å². The van der Waals surface area contributed by atoms with Crippen molar-refractivity contribution in [2.45, 2.75) is 19.4 Å². The lowest BCUT2D eigenvalue weighted by atomic mass is 10.1. The molecule has 6 nitrogen and oxygen atoms in total. The average Bonchev–Trinajstić information content (AvgIpc) is 2.48. The van der Waals surface area contributed by atoms with Gasteiger partial charge in [0.05, 0.1) is 17.4 Å². The molecule has 1 atom stereocenters. The van der Waals surface area contributed by atoms with Gasteiger partial charge in [-0.15, -0.1) is 0 Å². The minimum atomic E-state index is -0.473. The van der Waals surface area contributed by atoms with Crippen molar-refractivity contribution in [3.63, 3.8) is 0 Å². The number of pyridine rings is 1. The number of nitro benzene ring substituents is 1.